The maximum Gasteiger partial charge on any atom is -0.00106 e. The van der Waals surface area contributed by atoms with E-state index in [-0.39, 0.29) is 0 Å². The summed E-state index contributed by atoms with van der Waals surface area (Å²) in [5.74, 6) is 0. The Morgan fingerprint density at radius 1 is 0.203 bits per heavy atom. The van der Waals surface area contributed by atoms with E-state index in [1.54, 1.807) is 5.56 Å². The van der Waals surface area contributed by atoms with Gasteiger partial charge in [-0.25, -0.2) is 0 Å². The molecular formula is C79H78. The Morgan fingerprint density at radius 3 is 1.22 bits per heavy atom. The number of aryl methyl sites for hydroxylation is 8. The van der Waals surface area contributed by atoms with E-state index in [4.69, 9.17) is 0 Å². The molecule has 0 bridgehead atoms. The Hall–Kier alpha value is -7.80. The Bertz CT molecular complexity index is 4070. The molecule has 0 nitrogen and oxygen atoms in total. The van der Waals surface area contributed by atoms with E-state index in [1.807, 2.05) is 0 Å². The molecular weight excluding hydrogens is 949 g/mol. The summed E-state index contributed by atoms with van der Waals surface area (Å²) in [4.78, 5) is 0. The van der Waals surface area contributed by atoms with Crippen molar-refractivity contribution in [1.82, 2.24) is 0 Å². The molecule has 0 unspecified atom stereocenters. The normalized spacial score (nSPS) is 12.4. The summed E-state index contributed by atoms with van der Waals surface area (Å²) >= 11 is 0. The van der Waals surface area contributed by atoms with Crippen LogP contribution in [0.15, 0.2) is 158 Å². The molecule has 15 rings (SSSR count). The first-order valence-corrected chi connectivity index (χ1v) is 28.9. The summed E-state index contributed by atoms with van der Waals surface area (Å²) in [6, 6.07) is 58.0. The van der Waals surface area contributed by atoms with Crippen LogP contribution in [0.25, 0.3) is 55.6 Å². The van der Waals surface area contributed by atoms with E-state index in [1.165, 1.54) is 184 Å². The average molecular weight is 1030 g/mol. The summed E-state index contributed by atoms with van der Waals surface area (Å²) in [7, 11) is 0. The van der Waals surface area contributed by atoms with E-state index in [0.29, 0.717) is 0 Å². The first-order valence-electron chi connectivity index (χ1n) is 28.9. The fourth-order valence-corrected chi connectivity index (χ4v) is 13.5. The van der Waals surface area contributed by atoms with Crippen LogP contribution >= 0.6 is 0 Å². The fourth-order valence-electron chi connectivity index (χ4n) is 13.5. The lowest BCUT2D eigenvalue weighted by molar-refractivity contribution is 1.17. The molecule has 0 heteroatoms. The Balaban J connectivity index is 0.000000104. The van der Waals surface area contributed by atoms with E-state index >= 15 is 0 Å². The first-order chi connectivity index (χ1) is 38.0. The van der Waals surface area contributed by atoms with E-state index < -0.39 is 0 Å². The molecule has 79 heavy (non-hydrogen) atoms. The van der Waals surface area contributed by atoms with Gasteiger partial charge in [0.1, 0.15) is 0 Å². The van der Waals surface area contributed by atoms with Crippen molar-refractivity contribution < 1.29 is 0 Å². The summed E-state index contributed by atoms with van der Waals surface area (Å²) in [6.45, 7) is 31.1. The molecule has 0 saturated heterocycles. The van der Waals surface area contributed by atoms with Crippen molar-refractivity contribution >= 4 is 0 Å². The van der Waals surface area contributed by atoms with Crippen LogP contribution in [-0.4, -0.2) is 0 Å². The van der Waals surface area contributed by atoms with Crippen molar-refractivity contribution in [2.45, 2.75) is 129 Å². The highest BCUT2D eigenvalue weighted by Crippen LogP contribution is 2.45. The average Bonchev–Trinajstić information content (AvgIpc) is 4.38. The monoisotopic (exact) mass is 1030 g/mol. The number of fused-ring (bicyclic) bond motifs is 15. The highest BCUT2D eigenvalue weighted by molar-refractivity contribution is 5.84. The lowest BCUT2D eigenvalue weighted by Gasteiger charge is -2.11. The molecule has 394 valence electrons. The fraction of sp³-hybridized carbons (Fsp3) is 0.241. The summed E-state index contributed by atoms with van der Waals surface area (Å²) in [6.07, 6.45) is 5.55. The molecule has 0 N–H and O–H groups in total. The summed E-state index contributed by atoms with van der Waals surface area (Å²) < 4.78 is 0. The van der Waals surface area contributed by atoms with Gasteiger partial charge >= 0.3 is 0 Å². The molecule has 10 aromatic rings. The summed E-state index contributed by atoms with van der Waals surface area (Å²) in [5.41, 5.74) is 49.6. The minimum atomic E-state index is 1.11. The van der Waals surface area contributed by atoms with Gasteiger partial charge in [0.15, 0.2) is 0 Å². The van der Waals surface area contributed by atoms with Crippen molar-refractivity contribution in [1.29, 1.82) is 0 Å². The van der Waals surface area contributed by atoms with E-state index in [0.717, 1.165) is 32.1 Å². The van der Waals surface area contributed by atoms with Gasteiger partial charge in [-0.05, 0) is 313 Å². The van der Waals surface area contributed by atoms with Gasteiger partial charge < -0.3 is 0 Å². The number of hydrogen-bond acceptors (Lipinski definition) is 0. The predicted octanol–water partition coefficient (Wildman–Crippen LogP) is 20.6. The molecule has 0 atom stereocenters. The number of rotatable bonds is 0. The van der Waals surface area contributed by atoms with Crippen LogP contribution in [0.1, 0.15) is 134 Å². The second-order valence-electron chi connectivity index (χ2n) is 23.7. The maximum atomic E-state index is 2.35. The first kappa shape index (κ1) is 53.2. The Labute approximate surface area is 473 Å². The molecule has 0 fully saturated rings. The predicted molar refractivity (Wildman–Crippen MR) is 340 cm³/mol. The summed E-state index contributed by atoms with van der Waals surface area (Å²) in [5, 5.41) is 0. The van der Waals surface area contributed by atoms with Crippen LogP contribution in [-0.2, 0) is 32.1 Å². The van der Waals surface area contributed by atoms with Crippen LogP contribution in [0, 0.1) is 96.9 Å². The highest BCUT2D eigenvalue weighted by Gasteiger charge is 2.26. The number of hydrogen-bond donors (Lipinski definition) is 0. The van der Waals surface area contributed by atoms with Crippen molar-refractivity contribution in [3.05, 3.63) is 291 Å². The quantitative estimate of drug-likeness (QED) is 0.142. The molecule has 0 saturated carbocycles. The van der Waals surface area contributed by atoms with Crippen LogP contribution in [0.3, 0.4) is 0 Å². The maximum absolute atomic E-state index is 2.35. The number of benzene rings is 10. The van der Waals surface area contributed by atoms with Crippen LogP contribution in [0.4, 0.5) is 0 Å². The molecule has 0 radical (unpaired) electrons. The largest absolute Gasteiger partial charge is 0.0619 e. The van der Waals surface area contributed by atoms with Crippen molar-refractivity contribution in [3.63, 3.8) is 0 Å². The van der Waals surface area contributed by atoms with Gasteiger partial charge in [0.25, 0.3) is 0 Å². The molecule has 10 aromatic carbocycles. The third-order valence-electron chi connectivity index (χ3n) is 19.0. The zero-order chi connectivity index (χ0) is 55.6. The SMILES string of the molecule is Cc1cc(C)c2c(c1C)Cc1ccccc1-2.Cc1cc2c(c(C)c1C)Cc1ccccc1-2.Cc1ccc2c(c1)-c1ccc(C)c(C)c1C2.Cc1ccc2c(c1C)Cc1cccc(C)c1-2.Cc1ccc2c(c1C)Cc1ccccc1-2. The Morgan fingerprint density at radius 2 is 0.620 bits per heavy atom. The van der Waals surface area contributed by atoms with Crippen LogP contribution in [0.2, 0.25) is 0 Å². The molecule has 0 spiro atoms. The Kier molecular flexibility index (Phi) is 14.4. The van der Waals surface area contributed by atoms with Gasteiger partial charge in [-0.15, -0.1) is 0 Å². The molecule has 0 aromatic heterocycles. The zero-order valence-electron chi connectivity index (χ0n) is 49.5. The van der Waals surface area contributed by atoms with E-state index in [9.17, 15) is 0 Å². The van der Waals surface area contributed by atoms with Gasteiger partial charge in [0, 0.05) is 0 Å². The smallest absolute Gasteiger partial charge is 0.00106 e. The van der Waals surface area contributed by atoms with Gasteiger partial charge in [0.05, 0.1) is 0 Å². The minimum Gasteiger partial charge on any atom is -0.0619 e. The van der Waals surface area contributed by atoms with E-state index in [2.05, 4.69) is 255 Å². The second-order valence-corrected chi connectivity index (χ2v) is 23.7. The standard InChI is InChI=1S/4C16H16.C15H14/c1-10-4-6-13-9-15-12(3)11(2)5-7-14(15)16(13)8-10;1-10-7-8-14-15(12(10)3)9-13-6-4-5-11(2)16(13)14;1-10-8-16-14-7-5-4-6-13(14)9-15(16)12(3)11(10)2;1-10-8-11(2)16-14-7-5-4-6-13(14)9-15(16)12(10)3;1-10-7-8-14-13-6-4-3-5-12(13)9-15(14)11(10)2/h4*4-8H,9H2,1-3H3;3-8H,9H2,1-2H3. The molecule has 5 aliphatic rings. The van der Waals surface area contributed by atoms with Crippen molar-refractivity contribution in [2.75, 3.05) is 0 Å². The van der Waals surface area contributed by atoms with Gasteiger partial charge in [0.2, 0.25) is 0 Å². The lowest BCUT2D eigenvalue weighted by Crippen LogP contribution is -1.93. The molecule has 0 aliphatic heterocycles. The van der Waals surface area contributed by atoms with Crippen molar-refractivity contribution in [3.8, 4) is 55.6 Å². The molecule has 5 aliphatic carbocycles. The minimum absolute atomic E-state index is 1.11. The van der Waals surface area contributed by atoms with Crippen LogP contribution < -0.4 is 0 Å². The molecule has 0 heterocycles. The van der Waals surface area contributed by atoms with Crippen LogP contribution in [0.5, 0.6) is 0 Å². The third kappa shape index (κ3) is 9.73. The highest BCUT2D eigenvalue weighted by atomic mass is 14.3. The van der Waals surface area contributed by atoms with Crippen molar-refractivity contribution in [2.24, 2.45) is 0 Å². The zero-order valence-corrected chi connectivity index (χ0v) is 49.5. The third-order valence-corrected chi connectivity index (χ3v) is 19.0. The van der Waals surface area contributed by atoms with Gasteiger partial charge in [-0.3, -0.25) is 0 Å². The molecule has 0 amide bonds. The second kappa shape index (κ2) is 21.4. The topological polar surface area (TPSA) is 0 Å². The van der Waals surface area contributed by atoms with Gasteiger partial charge in [-0.2, -0.15) is 0 Å². The lowest BCUT2D eigenvalue weighted by atomic mass is 9.94. The van der Waals surface area contributed by atoms with Gasteiger partial charge in [-0.1, -0.05) is 163 Å².